The molecule has 0 aliphatic carbocycles. The van der Waals surface area contributed by atoms with Crippen molar-refractivity contribution in [2.75, 3.05) is 13.1 Å². The van der Waals surface area contributed by atoms with Gasteiger partial charge >= 0.3 is 0 Å². The van der Waals surface area contributed by atoms with E-state index in [4.69, 9.17) is 4.98 Å². The van der Waals surface area contributed by atoms with Crippen molar-refractivity contribution < 1.29 is 4.79 Å². The van der Waals surface area contributed by atoms with E-state index >= 15 is 0 Å². The maximum absolute atomic E-state index is 12.8. The van der Waals surface area contributed by atoms with E-state index in [0.29, 0.717) is 24.6 Å². The first-order chi connectivity index (χ1) is 12.5. The number of aryl methyl sites for hydroxylation is 2. The van der Waals surface area contributed by atoms with Gasteiger partial charge in [0.25, 0.3) is 5.91 Å². The van der Waals surface area contributed by atoms with Crippen LogP contribution in [0.4, 0.5) is 0 Å². The van der Waals surface area contributed by atoms with E-state index in [2.05, 4.69) is 15.2 Å². The van der Waals surface area contributed by atoms with Crippen LogP contribution >= 0.6 is 11.3 Å². The van der Waals surface area contributed by atoms with Gasteiger partial charge in [-0.2, -0.15) is 5.10 Å². The van der Waals surface area contributed by atoms with Crippen LogP contribution in [0.25, 0.3) is 27.4 Å². The summed E-state index contributed by atoms with van der Waals surface area (Å²) in [5.74, 6) is 0.626. The van der Waals surface area contributed by atoms with E-state index in [1.54, 1.807) is 21.7 Å². The molecule has 4 aromatic heterocycles. The van der Waals surface area contributed by atoms with Gasteiger partial charge in [0.2, 0.25) is 0 Å². The third kappa shape index (κ3) is 2.38. The molecular formula is C17H19N7OS. The number of carbonyl (C=O) groups excluding carboxylic acids is 1. The van der Waals surface area contributed by atoms with E-state index in [-0.39, 0.29) is 5.91 Å². The SMILES string of the molecule is CCN(CC)C(=O)c1sc2ncn3nc(-c4ccnn4C)nc3c2c1C. The van der Waals surface area contributed by atoms with Gasteiger partial charge in [-0.1, -0.05) is 0 Å². The lowest BCUT2D eigenvalue weighted by Crippen LogP contribution is -2.30. The van der Waals surface area contributed by atoms with Gasteiger partial charge in [-0.3, -0.25) is 9.48 Å². The average Bonchev–Trinajstić information content (AvgIpc) is 3.32. The van der Waals surface area contributed by atoms with Crippen molar-refractivity contribution >= 4 is 33.1 Å². The highest BCUT2D eigenvalue weighted by Crippen LogP contribution is 2.33. The highest BCUT2D eigenvalue weighted by molar-refractivity contribution is 7.20. The van der Waals surface area contributed by atoms with Crippen LogP contribution < -0.4 is 0 Å². The molecule has 0 atom stereocenters. The summed E-state index contributed by atoms with van der Waals surface area (Å²) in [6, 6.07) is 1.87. The first-order valence-corrected chi connectivity index (χ1v) is 9.28. The fraction of sp³-hybridized carbons (Fsp3) is 0.353. The molecule has 0 unspecified atom stereocenters. The Labute approximate surface area is 154 Å². The summed E-state index contributed by atoms with van der Waals surface area (Å²) < 4.78 is 3.39. The lowest BCUT2D eigenvalue weighted by atomic mass is 10.2. The minimum atomic E-state index is 0.0417. The van der Waals surface area contributed by atoms with Crippen molar-refractivity contribution in [2.45, 2.75) is 20.8 Å². The van der Waals surface area contributed by atoms with Crippen LogP contribution in [0.5, 0.6) is 0 Å². The van der Waals surface area contributed by atoms with Crippen LogP contribution in [0.2, 0.25) is 0 Å². The predicted octanol–water partition coefficient (Wildman–Crippen LogP) is 2.53. The van der Waals surface area contributed by atoms with Gasteiger partial charge in [0, 0.05) is 26.3 Å². The summed E-state index contributed by atoms with van der Waals surface area (Å²) in [4.78, 5) is 25.3. The molecule has 26 heavy (non-hydrogen) atoms. The molecule has 0 aliphatic rings. The van der Waals surface area contributed by atoms with E-state index in [1.807, 2.05) is 38.8 Å². The number of hydrogen-bond donors (Lipinski definition) is 0. The van der Waals surface area contributed by atoms with E-state index in [9.17, 15) is 4.79 Å². The lowest BCUT2D eigenvalue weighted by molar-refractivity contribution is 0.0777. The highest BCUT2D eigenvalue weighted by Gasteiger charge is 2.23. The van der Waals surface area contributed by atoms with Crippen LogP contribution in [0.1, 0.15) is 29.1 Å². The second-order valence-corrected chi connectivity index (χ2v) is 7.00. The molecule has 0 spiro atoms. The maximum atomic E-state index is 12.8. The molecule has 4 rings (SSSR count). The van der Waals surface area contributed by atoms with Crippen LogP contribution in [-0.2, 0) is 7.05 Å². The van der Waals surface area contributed by atoms with Crippen molar-refractivity contribution in [1.82, 2.24) is 34.3 Å². The normalized spacial score (nSPS) is 11.5. The summed E-state index contributed by atoms with van der Waals surface area (Å²) >= 11 is 1.41. The van der Waals surface area contributed by atoms with E-state index in [0.717, 1.165) is 26.4 Å². The Morgan fingerprint density at radius 2 is 2.08 bits per heavy atom. The third-order valence-electron chi connectivity index (χ3n) is 4.56. The molecule has 0 radical (unpaired) electrons. The summed E-state index contributed by atoms with van der Waals surface area (Å²) in [7, 11) is 1.85. The molecule has 0 bridgehead atoms. The number of carbonyl (C=O) groups is 1. The lowest BCUT2D eigenvalue weighted by Gasteiger charge is -2.17. The second-order valence-electron chi connectivity index (χ2n) is 6.00. The molecule has 0 aliphatic heterocycles. The quantitative estimate of drug-likeness (QED) is 0.552. The summed E-state index contributed by atoms with van der Waals surface area (Å²) in [5.41, 5.74) is 2.44. The van der Waals surface area contributed by atoms with Crippen molar-refractivity contribution in [3.63, 3.8) is 0 Å². The van der Waals surface area contributed by atoms with Gasteiger partial charge in [-0.25, -0.2) is 14.5 Å². The van der Waals surface area contributed by atoms with Gasteiger partial charge in [0.15, 0.2) is 11.5 Å². The molecule has 4 heterocycles. The van der Waals surface area contributed by atoms with E-state index in [1.165, 1.54) is 11.3 Å². The van der Waals surface area contributed by atoms with Gasteiger partial charge < -0.3 is 4.90 Å². The number of nitrogens with zero attached hydrogens (tertiary/aromatic N) is 7. The fourth-order valence-corrected chi connectivity index (χ4v) is 4.21. The summed E-state index contributed by atoms with van der Waals surface area (Å²) in [5, 5.41) is 9.58. The predicted molar refractivity (Wildman–Crippen MR) is 100 cm³/mol. The minimum absolute atomic E-state index is 0.0417. The monoisotopic (exact) mass is 369 g/mol. The molecule has 0 saturated carbocycles. The molecule has 8 nitrogen and oxygen atoms in total. The molecule has 134 valence electrons. The number of rotatable bonds is 4. The zero-order valence-corrected chi connectivity index (χ0v) is 15.9. The largest absolute Gasteiger partial charge is 0.338 e. The molecule has 9 heteroatoms. The Morgan fingerprint density at radius 3 is 2.73 bits per heavy atom. The molecular weight excluding hydrogens is 350 g/mol. The Balaban J connectivity index is 1.91. The number of thiophene rings is 1. The Kier molecular flexibility index (Phi) is 3.95. The smallest absolute Gasteiger partial charge is 0.264 e. The van der Waals surface area contributed by atoms with Crippen LogP contribution in [0, 0.1) is 6.92 Å². The Morgan fingerprint density at radius 1 is 1.31 bits per heavy atom. The molecule has 0 aromatic carbocycles. The molecule has 4 aromatic rings. The topological polar surface area (TPSA) is 81.2 Å². The first kappa shape index (κ1) is 16.6. The van der Waals surface area contributed by atoms with Crippen LogP contribution in [0.15, 0.2) is 18.6 Å². The molecule has 1 amide bonds. The third-order valence-corrected chi connectivity index (χ3v) is 5.75. The maximum Gasteiger partial charge on any atom is 0.264 e. The average molecular weight is 369 g/mol. The van der Waals surface area contributed by atoms with Crippen molar-refractivity contribution in [1.29, 1.82) is 0 Å². The zero-order valence-electron chi connectivity index (χ0n) is 15.1. The summed E-state index contributed by atoms with van der Waals surface area (Å²) in [6.45, 7) is 7.29. The number of aromatic nitrogens is 6. The minimum Gasteiger partial charge on any atom is -0.338 e. The van der Waals surface area contributed by atoms with Crippen molar-refractivity contribution in [3.05, 3.63) is 29.0 Å². The first-order valence-electron chi connectivity index (χ1n) is 8.47. The van der Waals surface area contributed by atoms with Crippen LogP contribution in [0.3, 0.4) is 0 Å². The number of hydrogen-bond acceptors (Lipinski definition) is 6. The number of amides is 1. The van der Waals surface area contributed by atoms with Gasteiger partial charge in [0.1, 0.15) is 16.9 Å². The highest BCUT2D eigenvalue weighted by atomic mass is 32.1. The van der Waals surface area contributed by atoms with Gasteiger partial charge in [0.05, 0.1) is 10.3 Å². The molecule has 0 fully saturated rings. The van der Waals surface area contributed by atoms with Crippen molar-refractivity contribution in [3.8, 4) is 11.5 Å². The van der Waals surface area contributed by atoms with E-state index < -0.39 is 0 Å². The second kappa shape index (κ2) is 6.17. The fourth-order valence-electron chi connectivity index (χ4n) is 3.09. The van der Waals surface area contributed by atoms with Gasteiger partial charge in [-0.05, 0) is 32.4 Å². The molecule has 0 N–H and O–H groups in total. The Bertz CT molecular complexity index is 1120. The van der Waals surface area contributed by atoms with Gasteiger partial charge in [-0.15, -0.1) is 16.4 Å². The van der Waals surface area contributed by atoms with Crippen molar-refractivity contribution in [2.24, 2.45) is 7.05 Å². The molecule has 0 saturated heterocycles. The summed E-state index contributed by atoms with van der Waals surface area (Å²) in [6.07, 6.45) is 3.36. The Hall–Kier alpha value is -2.81. The zero-order chi connectivity index (χ0) is 18.4. The number of fused-ring (bicyclic) bond motifs is 3. The standard InChI is InChI=1S/C17H19N7OS/c1-5-23(6-2)17(25)13-10(3)12-15-20-14(11-7-8-19-22(11)4)21-24(15)9-18-16(12)26-13/h7-9H,5-6H2,1-4H3. The van der Waals surface area contributed by atoms with Crippen LogP contribution in [-0.4, -0.2) is 53.3 Å².